The summed E-state index contributed by atoms with van der Waals surface area (Å²) in [6, 6.07) is 6.22. The Morgan fingerprint density at radius 2 is 2.03 bits per heavy atom. The number of rotatable bonds is 5. The molecule has 0 bridgehead atoms. The van der Waals surface area contributed by atoms with Crippen LogP contribution in [0.3, 0.4) is 0 Å². The molecule has 3 heterocycles. The van der Waals surface area contributed by atoms with Gasteiger partial charge in [0, 0.05) is 38.3 Å². The molecule has 2 fully saturated rings. The van der Waals surface area contributed by atoms with Crippen LogP contribution in [0.4, 0.5) is 0 Å². The summed E-state index contributed by atoms with van der Waals surface area (Å²) < 4.78 is 21.8. The van der Waals surface area contributed by atoms with Crippen molar-refractivity contribution in [2.75, 3.05) is 53.3 Å². The molecule has 0 aliphatic carbocycles. The van der Waals surface area contributed by atoms with E-state index in [4.69, 9.17) is 23.9 Å². The third-order valence-corrected chi connectivity index (χ3v) is 6.72. The van der Waals surface area contributed by atoms with Crippen molar-refractivity contribution in [2.45, 2.75) is 32.1 Å². The van der Waals surface area contributed by atoms with E-state index in [9.17, 15) is 4.79 Å². The predicted molar refractivity (Wildman–Crippen MR) is 117 cm³/mol. The van der Waals surface area contributed by atoms with Crippen LogP contribution in [0, 0.1) is 11.8 Å². The van der Waals surface area contributed by atoms with E-state index in [0.717, 1.165) is 43.4 Å². The van der Waals surface area contributed by atoms with Crippen LogP contribution in [0.25, 0.3) is 0 Å². The molecule has 3 aliphatic rings. The van der Waals surface area contributed by atoms with E-state index in [-0.39, 0.29) is 30.0 Å². The van der Waals surface area contributed by atoms with Gasteiger partial charge >= 0.3 is 5.97 Å². The zero-order valence-corrected chi connectivity index (χ0v) is 18.7. The molecule has 31 heavy (non-hydrogen) atoms. The largest absolute Gasteiger partial charge is 0.469 e. The molecular formula is C23H33N3O5. The molecule has 2 unspecified atom stereocenters. The molecular weight excluding hydrogens is 398 g/mol. The number of carbonyl (C=O) groups is 1. The van der Waals surface area contributed by atoms with Gasteiger partial charge in [0.2, 0.25) is 6.79 Å². The average molecular weight is 432 g/mol. The summed E-state index contributed by atoms with van der Waals surface area (Å²) in [7, 11) is 1.46. The van der Waals surface area contributed by atoms with Crippen LogP contribution in [0.2, 0.25) is 0 Å². The van der Waals surface area contributed by atoms with Crippen molar-refractivity contribution in [3.63, 3.8) is 0 Å². The lowest BCUT2D eigenvalue weighted by Crippen LogP contribution is -2.43. The SMILES string of the molecule is CCNC(=NCC1(c2ccc3c(c2)OCO3)CCOCC1)N1CC(C)C(C(=O)OC)C1. The zero-order valence-electron chi connectivity index (χ0n) is 18.7. The summed E-state index contributed by atoms with van der Waals surface area (Å²) in [5, 5.41) is 3.42. The molecule has 1 N–H and O–H groups in total. The van der Waals surface area contributed by atoms with E-state index >= 15 is 0 Å². The number of esters is 1. The van der Waals surface area contributed by atoms with Crippen LogP contribution < -0.4 is 14.8 Å². The highest BCUT2D eigenvalue weighted by Crippen LogP contribution is 2.41. The second-order valence-electron chi connectivity index (χ2n) is 8.64. The maximum absolute atomic E-state index is 12.1. The second kappa shape index (κ2) is 9.34. The quantitative estimate of drug-likeness (QED) is 0.435. The van der Waals surface area contributed by atoms with Crippen molar-refractivity contribution < 1.29 is 23.7 Å². The summed E-state index contributed by atoms with van der Waals surface area (Å²) >= 11 is 0. The third kappa shape index (κ3) is 4.44. The number of methoxy groups -OCH3 is 1. The minimum Gasteiger partial charge on any atom is -0.469 e. The highest BCUT2D eigenvalue weighted by Gasteiger charge is 2.39. The first-order chi connectivity index (χ1) is 15.1. The molecule has 0 amide bonds. The van der Waals surface area contributed by atoms with Crippen molar-refractivity contribution in [1.82, 2.24) is 10.2 Å². The predicted octanol–water partition coefficient (Wildman–Crippen LogP) is 2.17. The first-order valence-corrected chi connectivity index (χ1v) is 11.2. The lowest BCUT2D eigenvalue weighted by atomic mass is 9.74. The maximum Gasteiger partial charge on any atom is 0.310 e. The summed E-state index contributed by atoms with van der Waals surface area (Å²) in [5.41, 5.74) is 1.09. The van der Waals surface area contributed by atoms with E-state index in [2.05, 4.69) is 36.2 Å². The molecule has 0 aromatic heterocycles. The van der Waals surface area contributed by atoms with Gasteiger partial charge in [0.25, 0.3) is 0 Å². The van der Waals surface area contributed by atoms with E-state index in [1.54, 1.807) is 0 Å². The second-order valence-corrected chi connectivity index (χ2v) is 8.64. The number of carbonyl (C=O) groups excluding carboxylic acids is 1. The van der Waals surface area contributed by atoms with Gasteiger partial charge in [-0.05, 0) is 43.4 Å². The van der Waals surface area contributed by atoms with Gasteiger partial charge in [-0.3, -0.25) is 9.79 Å². The molecule has 0 saturated carbocycles. The highest BCUT2D eigenvalue weighted by atomic mass is 16.7. The molecule has 170 valence electrons. The monoisotopic (exact) mass is 431 g/mol. The maximum atomic E-state index is 12.1. The Bertz CT molecular complexity index is 821. The van der Waals surface area contributed by atoms with Gasteiger partial charge < -0.3 is 29.2 Å². The minimum atomic E-state index is -0.146. The first-order valence-electron chi connectivity index (χ1n) is 11.2. The molecule has 2 atom stereocenters. The zero-order chi connectivity index (χ0) is 21.8. The van der Waals surface area contributed by atoms with Crippen molar-refractivity contribution >= 4 is 11.9 Å². The van der Waals surface area contributed by atoms with E-state index < -0.39 is 0 Å². The average Bonchev–Trinajstić information content (AvgIpc) is 3.42. The lowest BCUT2D eigenvalue weighted by molar-refractivity contribution is -0.145. The molecule has 0 radical (unpaired) electrons. The van der Waals surface area contributed by atoms with Crippen molar-refractivity contribution in [2.24, 2.45) is 16.8 Å². The van der Waals surface area contributed by atoms with Gasteiger partial charge in [-0.15, -0.1) is 0 Å². The number of guanidine groups is 1. The third-order valence-electron chi connectivity index (χ3n) is 6.72. The fraction of sp³-hybridized carbons (Fsp3) is 0.652. The Morgan fingerprint density at radius 1 is 1.26 bits per heavy atom. The number of likely N-dealkylation sites (tertiary alicyclic amines) is 1. The van der Waals surface area contributed by atoms with Gasteiger partial charge in [0.05, 0.1) is 19.6 Å². The van der Waals surface area contributed by atoms with Crippen LogP contribution >= 0.6 is 0 Å². The Labute approximate surface area is 183 Å². The van der Waals surface area contributed by atoms with Gasteiger partial charge in [-0.25, -0.2) is 0 Å². The normalized spacial score (nSPS) is 24.9. The molecule has 0 spiro atoms. The molecule has 2 saturated heterocycles. The summed E-state index contributed by atoms with van der Waals surface area (Å²) in [6.07, 6.45) is 1.80. The lowest BCUT2D eigenvalue weighted by Gasteiger charge is -2.37. The number of benzene rings is 1. The fourth-order valence-corrected chi connectivity index (χ4v) is 4.78. The Balaban J connectivity index is 1.57. The summed E-state index contributed by atoms with van der Waals surface area (Å²) in [6.45, 7) is 8.68. The molecule has 4 rings (SSSR count). The fourth-order valence-electron chi connectivity index (χ4n) is 4.78. The number of aliphatic imine (C=N–C) groups is 1. The van der Waals surface area contributed by atoms with E-state index in [1.807, 2.05) is 6.07 Å². The molecule has 1 aromatic carbocycles. The van der Waals surface area contributed by atoms with Crippen LogP contribution in [0.1, 0.15) is 32.3 Å². The van der Waals surface area contributed by atoms with E-state index in [1.165, 1.54) is 12.7 Å². The number of hydrogen-bond donors (Lipinski definition) is 1. The molecule has 8 nitrogen and oxygen atoms in total. The van der Waals surface area contributed by atoms with Gasteiger partial charge in [-0.2, -0.15) is 0 Å². The smallest absolute Gasteiger partial charge is 0.310 e. The summed E-state index contributed by atoms with van der Waals surface area (Å²) in [5.74, 6) is 2.40. The van der Waals surface area contributed by atoms with Crippen LogP contribution in [0.15, 0.2) is 23.2 Å². The Kier molecular flexibility index (Phi) is 6.55. The Hall–Kier alpha value is -2.48. The number of nitrogens with zero attached hydrogens (tertiary/aromatic N) is 2. The van der Waals surface area contributed by atoms with Crippen molar-refractivity contribution in [1.29, 1.82) is 0 Å². The van der Waals surface area contributed by atoms with Crippen LogP contribution in [-0.4, -0.2) is 70.1 Å². The number of fused-ring (bicyclic) bond motifs is 1. The topological polar surface area (TPSA) is 81.6 Å². The minimum absolute atomic E-state index is 0.118. The van der Waals surface area contributed by atoms with Gasteiger partial charge in [-0.1, -0.05) is 13.0 Å². The standard InChI is InChI=1S/C23H33N3O5/c1-4-24-22(26-12-16(2)18(13-26)21(27)28-3)25-14-23(7-9-29-10-8-23)17-5-6-19-20(11-17)31-15-30-19/h5-6,11,16,18H,4,7-10,12-15H2,1-3H3,(H,24,25). The first kappa shape index (κ1) is 21.7. The number of nitrogens with one attached hydrogen (secondary N) is 1. The van der Waals surface area contributed by atoms with Crippen LogP contribution in [-0.2, 0) is 19.7 Å². The summed E-state index contributed by atoms with van der Waals surface area (Å²) in [4.78, 5) is 19.4. The van der Waals surface area contributed by atoms with Crippen molar-refractivity contribution in [3.8, 4) is 11.5 Å². The van der Waals surface area contributed by atoms with Crippen molar-refractivity contribution in [3.05, 3.63) is 23.8 Å². The number of ether oxygens (including phenoxy) is 4. The van der Waals surface area contributed by atoms with Gasteiger partial charge in [0.1, 0.15) is 0 Å². The molecule has 1 aromatic rings. The number of hydrogen-bond acceptors (Lipinski definition) is 6. The Morgan fingerprint density at radius 3 is 2.77 bits per heavy atom. The van der Waals surface area contributed by atoms with E-state index in [0.29, 0.717) is 26.3 Å². The van der Waals surface area contributed by atoms with Crippen LogP contribution in [0.5, 0.6) is 11.5 Å². The highest BCUT2D eigenvalue weighted by molar-refractivity contribution is 5.82. The van der Waals surface area contributed by atoms with Gasteiger partial charge in [0.15, 0.2) is 17.5 Å². The molecule has 3 aliphatic heterocycles. The molecule has 8 heteroatoms.